The van der Waals surface area contributed by atoms with E-state index in [1.54, 1.807) is 19.1 Å². The molecule has 0 bridgehead atoms. The predicted molar refractivity (Wildman–Crippen MR) is 175 cm³/mol. The van der Waals surface area contributed by atoms with Crippen LogP contribution in [0.4, 0.5) is 10.5 Å². The van der Waals surface area contributed by atoms with E-state index in [2.05, 4.69) is 11.0 Å². The number of ether oxygens (including phenoxy) is 6. The van der Waals surface area contributed by atoms with Gasteiger partial charge in [0.05, 0.1) is 32.0 Å². The largest absolute Gasteiger partial charge is 0.493 e. The highest BCUT2D eigenvalue weighted by Crippen LogP contribution is 2.40. The number of nitrogens with zero attached hydrogens (tertiary/aromatic N) is 2. The Kier molecular flexibility index (Phi) is 12.9. The van der Waals surface area contributed by atoms with Gasteiger partial charge in [0, 0.05) is 60.0 Å². The lowest BCUT2D eigenvalue weighted by Gasteiger charge is -2.45. The Hall–Kier alpha value is -3.09. The predicted octanol–water partition coefficient (Wildman–Crippen LogP) is 4.29. The van der Waals surface area contributed by atoms with Crippen LogP contribution in [0.15, 0.2) is 36.4 Å². The van der Waals surface area contributed by atoms with Crippen LogP contribution in [0, 0.1) is 0 Å². The van der Waals surface area contributed by atoms with E-state index < -0.39 is 23.4 Å². The third-order valence-corrected chi connectivity index (χ3v) is 8.23. The molecule has 0 radical (unpaired) electrons. The number of carbonyl (C=O) groups excluding carboxylic acids is 1. The number of benzene rings is 2. The molecule has 0 aliphatic carbocycles. The summed E-state index contributed by atoms with van der Waals surface area (Å²) in [4.78, 5) is 17.0. The van der Waals surface area contributed by atoms with Crippen LogP contribution in [0.5, 0.6) is 11.5 Å². The molecule has 2 atom stereocenters. The Bertz CT molecular complexity index is 1270. The molecule has 0 saturated carbocycles. The summed E-state index contributed by atoms with van der Waals surface area (Å²) in [6, 6.07) is 11.6. The Labute approximate surface area is 273 Å². The third kappa shape index (κ3) is 9.48. The molecule has 4 rings (SSSR count). The van der Waals surface area contributed by atoms with Crippen molar-refractivity contribution in [3.05, 3.63) is 53.1 Å². The van der Waals surface area contributed by atoms with E-state index in [1.165, 1.54) is 0 Å². The molecule has 2 heterocycles. The summed E-state index contributed by atoms with van der Waals surface area (Å²) in [5.41, 5.74) is 1.27. The van der Waals surface area contributed by atoms with Crippen molar-refractivity contribution < 1.29 is 43.4 Å². The molecule has 1 fully saturated rings. The fraction of sp³-hybridized carbons (Fsp3) is 0.629. The van der Waals surface area contributed by atoms with Crippen LogP contribution in [0.1, 0.15) is 56.7 Å². The van der Waals surface area contributed by atoms with Crippen molar-refractivity contribution in [2.75, 3.05) is 78.3 Å². The van der Waals surface area contributed by atoms with Gasteiger partial charge in [-0.2, -0.15) is 0 Å². The van der Waals surface area contributed by atoms with Crippen LogP contribution in [0.2, 0.25) is 0 Å². The number of carbonyl (C=O) groups is 1. The van der Waals surface area contributed by atoms with Crippen molar-refractivity contribution in [3.8, 4) is 11.5 Å². The molecule has 46 heavy (non-hydrogen) atoms. The van der Waals surface area contributed by atoms with Crippen LogP contribution in [-0.2, 0) is 37.6 Å². The number of hydrogen-bond acceptors (Lipinski definition) is 10. The molecule has 1 amide bonds. The fourth-order valence-corrected chi connectivity index (χ4v) is 5.94. The maximum atomic E-state index is 13.1. The van der Waals surface area contributed by atoms with E-state index in [9.17, 15) is 15.0 Å². The second-order valence-corrected chi connectivity index (χ2v) is 12.9. The second-order valence-electron chi connectivity index (χ2n) is 12.9. The third-order valence-electron chi connectivity index (χ3n) is 8.23. The normalized spacial score (nSPS) is 19.8. The number of piperidine rings is 1. The van der Waals surface area contributed by atoms with E-state index in [0.717, 1.165) is 48.5 Å². The quantitative estimate of drug-likeness (QED) is 0.272. The van der Waals surface area contributed by atoms with Crippen LogP contribution in [0.25, 0.3) is 0 Å². The van der Waals surface area contributed by atoms with Crippen molar-refractivity contribution in [1.82, 2.24) is 4.90 Å². The molecule has 0 unspecified atom stereocenters. The topological polar surface area (TPSA) is 119 Å². The smallest absolute Gasteiger partial charge is 0.410 e. The summed E-state index contributed by atoms with van der Waals surface area (Å²) < 4.78 is 34.4. The zero-order valence-electron chi connectivity index (χ0n) is 28.1. The van der Waals surface area contributed by atoms with Gasteiger partial charge in [-0.25, -0.2) is 4.79 Å². The van der Waals surface area contributed by atoms with Gasteiger partial charge in [0.1, 0.15) is 35.4 Å². The number of aliphatic hydroxyl groups is 2. The highest BCUT2D eigenvalue weighted by Gasteiger charge is 2.46. The molecule has 2 aromatic carbocycles. The van der Waals surface area contributed by atoms with E-state index in [0.29, 0.717) is 44.2 Å². The lowest BCUT2D eigenvalue weighted by molar-refractivity contribution is -0.155. The number of likely N-dealkylation sites (tertiary alicyclic amines) is 1. The van der Waals surface area contributed by atoms with E-state index in [-0.39, 0.29) is 32.7 Å². The number of hydrogen-bond donors (Lipinski definition) is 2. The molecule has 256 valence electrons. The monoisotopic (exact) mass is 644 g/mol. The molecule has 1 saturated heterocycles. The van der Waals surface area contributed by atoms with Gasteiger partial charge in [-0.05, 0) is 74.6 Å². The molecular weight excluding hydrogens is 592 g/mol. The van der Waals surface area contributed by atoms with Crippen LogP contribution < -0.4 is 14.4 Å². The summed E-state index contributed by atoms with van der Waals surface area (Å²) >= 11 is 0. The van der Waals surface area contributed by atoms with Crippen molar-refractivity contribution in [1.29, 1.82) is 0 Å². The van der Waals surface area contributed by atoms with E-state index >= 15 is 0 Å². The summed E-state index contributed by atoms with van der Waals surface area (Å²) in [6.45, 7) is 10.1. The van der Waals surface area contributed by atoms with Gasteiger partial charge in [0.15, 0.2) is 0 Å². The van der Waals surface area contributed by atoms with Gasteiger partial charge in [-0.1, -0.05) is 12.1 Å². The summed E-state index contributed by atoms with van der Waals surface area (Å²) in [5, 5.41) is 22.4. The van der Waals surface area contributed by atoms with Crippen molar-refractivity contribution in [2.45, 2.75) is 70.4 Å². The number of anilines is 1. The highest BCUT2D eigenvalue weighted by atomic mass is 16.6. The van der Waals surface area contributed by atoms with Gasteiger partial charge in [0.2, 0.25) is 0 Å². The number of amides is 1. The first kappa shape index (κ1) is 35.8. The fourth-order valence-electron chi connectivity index (χ4n) is 5.94. The first-order valence-electron chi connectivity index (χ1n) is 16.3. The lowest BCUT2D eigenvalue weighted by atomic mass is 9.79. The zero-order valence-corrected chi connectivity index (χ0v) is 28.1. The van der Waals surface area contributed by atoms with Gasteiger partial charge in [-0.15, -0.1) is 0 Å². The molecule has 2 aliphatic heterocycles. The van der Waals surface area contributed by atoms with Crippen LogP contribution in [0.3, 0.4) is 0 Å². The molecule has 2 aliphatic rings. The Morgan fingerprint density at radius 3 is 2.57 bits per heavy atom. The number of methoxy groups -OCH3 is 2. The Morgan fingerprint density at radius 2 is 1.83 bits per heavy atom. The first-order chi connectivity index (χ1) is 22.1. The van der Waals surface area contributed by atoms with Crippen molar-refractivity contribution in [3.63, 3.8) is 0 Å². The number of aliphatic hydroxyl groups excluding tert-OH is 1. The maximum absolute atomic E-state index is 13.1. The summed E-state index contributed by atoms with van der Waals surface area (Å²) in [5.74, 6) is 1.48. The number of fused-ring (bicyclic) bond motifs is 1. The molecule has 11 nitrogen and oxygen atoms in total. The molecule has 0 aromatic heterocycles. The minimum Gasteiger partial charge on any atom is -0.493 e. The zero-order chi connectivity index (χ0) is 33.2. The second kappa shape index (κ2) is 16.6. The van der Waals surface area contributed by atoms with E-state index in [4.69, 9.17) is 28.4 Å². The summed E-state index contributed by atoms with van der Waals surface area (Å²) in [6.07, 6.45) is 0.988. The Balaban J connectivity index is 1.59. The Morgan fingerprint density at radius 1 is 1.04 bits per heavy atom. The average molecular weight is 645 g/mol. The molecule has 2 aromatic rings. The van der Waals surface area contributed by atoms with Crippen LogP contribution >= 0.6 is 0 Å². The van der Waals surface area contributed by atoms with Gasteiger partial charge in [0.25, 0.3) is 0 Å². The standard InChI is InChI=1S/C35H52N2O9/c1-34(2,3)46-33(39)37-15-13-35(40,29-10-9-28(23-27(29)12-17-38)43-20-7-19-42-5)32(24-37)45-25-26-8-11-31-30(22-26)36(16-21-44-31)14-6-18-41-4/h8-11,22-23,32,38,40H,6-7,12-21,24-25H2,1-5H3/t32-,35-/m0/s1. The van der Waals surface area contributed by atoms with Gasteiger partial charge < -0.3 is 48.4 Å². The molecule has 11 heteroatoms. The van der Waals surface area contributed by atoms with Crippen LogP contribution in [-0.4, -0.2) is 106 Å². The van der Waals surface area contributed by atoms with Crippen molar-refractivity contribution in [2.24, 2.45) is 0 Å². The minimum atomic E-state index is -1.43. The SMILES string of the molecule is COCCCOc1ccc([C@@]2(O)CCN(C(=O)OC(C)(C)C)C[C@@H]2OCc2ccc3c(c2)N(CCCOC)CCO3)c(CCO)c1. The number of rotatable bonds is 15. The molecular formula is C35H52N2O9. The van der Waals surface area contributed by atoms with E-state index in [1.807, 2.05) is 51.1 Å². The maximum Gasteiger partial charge on any atom is 0.410 e. The van der Waals surface area contributed by atoms with Gasteiger partial charge >= 0.3 is 6.09 Å². The van der Waals surface area contributed by atoms with Crippen molar-refractivity contribution >= 4 is 11.8 Å². The lowest BCUT2D eigenvalue weighted by Crippen LogP contribution is -2.57. The summed E-state index contributed by atoms with van der Waals surface area (Å²) in [7, 11) is 3.36. The molecule has 0 spiro atoms. The van der Waals surface area contributed by atoms with Gasteiger partial charge in [-0.3, -0.25) is 0 Å². The average Bonchev–Trinajstić information content (AvgIpc) is 3.02. The minimum absolute atomic E-state index is 0.0934. The molecule has 2 N–H and O–H groups in total. The first-order valence-corrected chi connectivity index (χ1v) is 16.3. The highest BCUT2D eigenvalue weighted by molar-refractivity contribution is 5.68.